The van der Waals surface area contributed by atoms with Gasteiger partial charge in [-0.05, 0) is 13.8 Å². The average Bonchev–Trinajstić information content (AvgIpc) is 2.17. The second kappa shape index (κ2) is 2.95. The number of hydrogen-bond acceptors (Lipinski definition) is 3. The van der Waals surface area contributed by atoms with E-state index in [9.17, 15) is 9.59 Å². The second-order valence-electron chi connectivity index (χ2n) is 4.50. The summed E-state index contributed by atoms with van der Waals surface area (Å²) in [6, 6.07) is -0.257. The van der Waals surface area contributed by atoms with E-state index in [4.69, 9.17) is 0 Å². The Hall–Kier alpha value is -1.10. The fourth-order valence-electron chi connectivity index (χ4n) is 1.72. The van der Waals surface area contributed by atoms with Crippen LogP contribution >= 0.6 is 0 Å². The molecule has 2 saturated heterocycles. The van der Waals surface area contributed by atoms with Crippen LogP contribution in [-0.2, 0) is 4.79 Å². The van der Waals surface area contributed by atoms with Crippen LogP contribution in [0.4, 0.5) is 4.79 Å². The lowest BCUT2D eigenvalue weighted by molar-refractivity contribution is -0.130. The molecule has 0 aromatic carbocycles. The summed E-state index contributed by atoms with van der Waals surface area (Å²) in [4.78, 5) is 24.5. The van der Waals surface area contributed by atoms with Crippen LogP contribution in [0.3, 0.4) is 0 Å². The Bertz CT molecular complexity index is 284. The minimum absolute atomic E-state index is 0.116. The third-order valence-corrected chi connectivity index (χ3v) is 2.75. The van der Waals surface area contributed by atoms with E-state index in [0.717, 1.165) is 13.1 Å². The van der Waals surface area contributed by atoms with E-state index in [1.54, 1.807) is 13.8 Å². The van der Waals surface area contributed by atoms with E-state index in [2.05, 4.69) is 10.6 Å². The minimum atomic E-state index is -0.728. The number of carbonyl (C=O) groups excluding carboxylic acids is 2. The van der Waals surface area contributed by atoms with E-state index < -0.39 is 5.54 Å². The molecule has 0 atom stereocenters. The molecule has 5 nitrogen and oxygen atoms in total. The van der Waals surface area contributed by atoms with Crippen molar-refractivity contribution >= 4 is 11.9 Å². The summed E-state index contributed by atoms with van der Waals surface area (Å²) >= 11 is 0. The quantitative estimate of drug-likeness (QED) is 0.589. The van der Waals surface area contributed by atoms with Gasteiger partial charge in [-0.25, -0.2) is 4.79 Å². The molecule has 0 aliphatic carbocycles. The molecule has 2 fully saturated rings. The number of imide groups is 1. The summed E-state index contributed by atoms with van der Waals surface area (Å²) < 4.78 is 0. The van der Waals surface area contributed by atoms with Gasteiger partial charge < -0.3 is 10.6 Å². The van der Waals surface area contributed by atoms with Gasteiger partial charge in [-0.15, -0.1) is 0 Å². The van der Waals surface area contributed by atoms with Crippen LogP contribution in [0.5, 0.6) is 0 Å². The Morgan fingerprint density at radius 1 is 1.43 bits per heavy atom. The fraction of sp³-hybridized carbons (Fsp3) is 0.778. The highest BCUT2D eigenvalue weighted by atomic mass is 16.2. The van der Waals surface area contributed by atoms with Crippen LogP contribution < -0.4 is 10.6 Å². The van der Waals surface area contributed by atoms with Crippen LogP contribution in [0.25, 0.3) is 0 Å². The summed E-state index contributed by atoms with van der Waals surface area (Å²) in [6.07, 6.45) is 0. The highest BCUT2D eigenvalue weighted by Gasteiger charge is 2.45. The lowest BCUT2D eigenvalue weighted by Crippen LogP contribution is -2.50. The highest BCUT2D eigenvalue weighted by molar-refractivity contribution is 6.06. The van der Waals surface area contributed by atoms with Crippen molar-refractivity contribution < 1.29 is 9.59 Å². The number of amides is 3. The van der Waals surface area contributed by atoms with Crippen molar-refractivity contribution in [3.8, 4) is 0 Å². The maximum absolute atomic E-state index is 11.7. The molecule has 0 unspecified atom stereocenters. The Labute approximate surface area is 82.8 Å². The van der Waals surface area contributed by atoms with Crippen LogP contribution in [-0.4, -0.2) is 42.0 Å². The monoisotopic (exact) mass is 197 g/mol. The second-order valence-corrected chi connectivity index (χ2v) is 4.50. The Morgan fingerprint density at radius 2 is 2.07 bits per heavy atom. The zero-order valence-corrected chi connectivity index (χ0v) is 8.46. The number of rotatable bonds is 2. The molecule has 3 amide bonds. The molecule has 0 bridgehead atoms. The van der Waals surface area contributed by atoms with Crippen LogP contribution in [0.1, 0.15) is 13.8 Å². The van der Waals surface area contributed by atoms with Crippen LogP contribution in [0.15, 0.2) is 0 Å². The van der Waals surface area contributed by atoms with Crippen molar-refractivity contribution in [2.45, 2.75) is 19.4 Å². The largest absolute Gasteiger partial charge is 0.325 e. The van der Waals surface area contributed by atoms with Gasteiger partial charge in [0.05, 0.1) is 0 Å². The van der Waals surface area contributed by atoms with E-state index in [-0.39, 0.29) is 11.9 Å². The summed E-state index contributed by atoms with van der Waals surface area (Å²) in [5, 5.41) is 5.78. The van der Waals surface area contributed by atoms with Gasteiger partial charge in [0.1, 0.15) is 5.54 Å². The number of nitrogens with zero attached hydrogens (tertiary/aromatic N) is 1. The van der Waals surface area contributed by atoms with Gasteiger partial charge in [0, 0.05) is 25.6 Å². The first kappa shape index (κ1) is 9.45. The molecule has 2 heterocycles. The molecule has 5 heteroatoms. The van der Waals surface area contributed by atoms with Gasteiger partial charge in [0.2, 0.25) is 0 Å². The molecule has 0 radical (unpaired) electrons. The summed E-state index contributed by atoms with van der Waals surface area (Å²) in [5.41, 5.74) is -0.728. The number of nitrogens with one attached hydrogen (secondary N) is 2. The zero-order chi connectivity index (χ0) is 10.3. The number of urea groups is 1. The first-order valence-electron chi connectivity index (χ1n) is 4.85. The summed E-state index contributed by atoms with van der Waals surface area (Å²) in [7, 11) is 0. The van der Waals surface area contributed by atoms with E-state index in [0.29, 0.717) is 12.5 Å². The third-order valence-electron chi connectivity index (χ3n) is 2.75. The molecular formula is C9H15N3O2. The zero-order valence-electron chi connectivity index (χ0n) is 8.46. The molecule has 0 aromatic heterocycles. The fourth-order valence-corrected chi connectivity index (χ4v) is 1.72. The SMILES string of the molecule is CC1(C)NC(=O)N(CC2CNC2)C1=O. The first-order valence-corrected chi connectivity index (χ1v) is 4.85. The van der Waals surface area contributed by atoms with Gasteiger partial charge in [-0.2, -0.15) is 0 Å². The normalized spacial score (nSPS) is 26.3. The third kappa shape index (κ3) is 1.37. The van der Waals surface area contributed by atoms with Crippen molar-refractivity contribution in [3.05, 3.63) is 0 Å². The molecule has 0 aromatic rings. The molecule has 2 N–H and O–H groups in total. The predicted molar refractivity (Wildman–Crippen MR) is 50.7 cm³/mol. The Morgan fingerprint density at radius 3 is 2.43 bits per heavy atom. The minimum Gasteiger partial charge on any atom is -0.324 e. The van der Waals surface area contributed by atoms with E-state index in [1.165, 1.54) is 4.90 Å². The van der Waals surface area contributed by atoms with Crippen LogP contribution in [0, 0.1) is 5.92 Å². The van der Waals surface area contributed by atoms with Gasteiger partial charge in [0.15, 0.2) is 0 Å². The number of carbonyl (C=O) groups is 2. The standard InChI is InChI=1S/C9H15N3O2/c1-9(2)7(13)12(8(14)11-9)5-6-3-10-4-6/h6,10H,3-5H2,1-2H3,(H,11,14). The summed E-state index contributed by atoms with van der Waals surface area (Å²) in [5.74, 6) is 0.313. The van der Waals surface area contributed by atoms with Crippen molar-refractivity contribution in [2.75, 3.05) is 19.6 Å². The number of hydrogen-bond donors (Lipinski definition) is 2. The molecule has 2 aliphatic heterocycles. The molecule has 0 saturated carbocycles. The lowest BCUT2D eigenvalue weighted by Gasteiger charge is -2.30. The smallest absolute Gasteiger partial charge is 0.324 e. The van der Waals surface area contributed by atoms with Gasteiger partial charge in [-0.1, -0.05) is 0 Å². The van der Waals surface area contributed by atoms with E-state index >= 15 is 0 Å². The Balaban J connectivity index is 2.04. The van der Waals surface area contributed by atoms with Crippen LogP contribution in [0.2, 0.25) is 0 Å². The maximum atomic E-state index is 11.7. The van der Waals surface area contributed by atoms with Gasteiger partial charge >= 0.3 is 6.03 Å². The molecule has 78 valence electrons. The first-order chi connectivity index (χ1) is 6.50. The highest BCUT2D eigenvalue weighted by Crippen LogP contribution is 2.18. The molecule has 0 spiro atoms. The molecule has 14 heavy (non-hydrogen) atoms. The topological polar surface area (TPSA) is 61.4 Å². The maximum Gasteiger partial charge on any atom is 0.325 e. The van der Waals surface area contributed by atoms with Crippen molar-refractivity contribution in [2.24, 2.45) is 5.92 Å². The Kier molecular flexibility index (Phi) is 1.99. The lowest BCUT2D eigenvalue weighted by atomic mass is 10.0. The molecule has 2 rings (SSSR count). The summed E-state index contributed by atoms with van der Waals surface area (Å²) in [6.45, 7) is 5.80. The molecule has 2 aliphatic rings. The van der Waals surface area contributed by atoms with Crippen molar-refractivity contribution in [1.29, 1.82) is 0 Å². The van der Waals surface area contributed by atoms with Crippen molar-refractivity contribution in [1.82, 2.24) is 15.5 Å². The predicted octanol–water partition coefficient (Wildman–Crippen LogP) is -0.464. The average molecular weight is 197 g/mol. The van der Waals surface area contributed by atoms with Gasteiger partial charge in [-0.3, -0.25) is 9.69 Å². The van der Waals surface area contributed by atoms with Gasteiger partial charge in [0.25, 0.3) is 5.91 Å². The molecular weight excluding hydrogens is 182 g/mol. The van der Waals surface area contributed by atoms with E-state index in [1.807, 2.05) is 0 Å². The van der Waals surface area contributed by atoms with Crippen molar-refractivity contribution in [3.63, 3.8) is 0 Å².